The number of phenols is 1. The maximum atomic E-state index is 12.2. The van der Waals surface area contributed by atoms with Crippen LogP contribution in [0.3, 0.4) is 0 Å². The van der Waals surface area contributed by atoms with E-state index in [0.29, 0.717) is 11.3 Å². The predicted molar refractivity (Wildman–Crippen MR) is 79.0 cm³/mol. The Kier molecular flexibility index (Phi) is 4.12. The summed E-state index contributed by atoms with van der Waals surface area (Å²) in [7, 11) is 0. The Balaban J connectivity index is 2.28. The molecular weight excluding hydrogens is 258 g/mol. The number of phenolic OH excluding ortho intramolecular Hbond substituents is 1. The highest BCUT2D eigenvalue weighted by atomic mass is 32.2. The number of carbonyl (C=O) groups excluding carboxylic acids is 1. The summed E-state index contributed by atoms with van der Waals surface area (Å²) in [4.78, 5) is 13.1. The summed E-state index contributed by atoms with van der Waals surface area (Å²) in [5.41, 5.74) is 2.02. The number of amides is 1. The zero-order chi connectivity index (χ0) is 13.8. The van der Waals surface area contributed by atoms with Gasteiger partial charge in [-0.15, -0.1) is 11.8 Å². The van der Waals surface area contributed by atoms with Gasteiger partial charge in [0.1, 0.15) is 5.75 Å². The average Bonchev–Trinajstić information content (AvgIpc) is 2.42. The van der Waals surface area contributed by atoms with Gasteiger partial charge < -0.3 is 10.4 Å². The van der Waals surface area contributed by atoms with E-state index in [-0.39, 0.29) is 11.7 Å². The van der Waals surface area contributed by atoms with E-state index in [1.54, 1.807) is 24.3 Å². The van der Waals surface area contributed by atoms with Gasteiger partial charge in [0.15, 0.2) is 0 Å². The van der Waals surface area contributed by atoms with Crippen molar-refractivity contribution in [2.45, 2.75) is 11.8 Å². The highest BCUT2D eigenvalue weighted by Gasteiger charge is 2.12. The summed E-state index contributed by atoms with van der Waals surface area (Å²) in [6, 6.07) is 12.5. The van der Waals surface area contributed by atoms with E-state index in [2.05, 4.69) is 5.32 Å². The first-order valence-corrected chi connectivity index (χ1v) is 7.08. The van der Waals surface area contributed by atoms with Crippen LogP contribution < -0.4 is 5.32 Å². The third-order valence-corrected chi connectivity index (χ3v) is 3.55. The molecule has 0 aromatic heterocycles. The number of hydrogen-bond donors (Lipinski definition) is 2. The van der Waals surface area contributed by atoms with Crippen LogP contribution in [-0.2, 0) is 0 Å². The van der Waals surface area contributed by atoms with E-state index in [9.17, 15) is 9.90 Å². The molecule has 0 unspecified atom stereocenters. The minimum absolute atomic E-state index is 0.0700. The van der Waals surface area contributed by atoms with E-state index < -0.39 is 0 Å². The Labute approximate surface area is 116 Å². The van der Waals surface area contributed by atoms with Crippen LogP contribution in [0.15, 0.2) is 47.4 Å². The lowest BCUT2D eigenvalue weighted by atomic mass is 10.1. The van der Waals surface area contributed by atoms with Crippen molar-refractivity contribution in [3.05, 3.63) is 53.6 Å². The molecule has 0 fully saturated rings. The van der Waals surface area contributed by atoms with Crippen molar-refractivity contribution in [2.75, 3.05) is 11.6 Å². The van der Waals surface area contributed by atoms with E-state index in [4.69, 9.17) is 0 Å². The molecule has 19 heavy (non-hydrogen) atoms. The molecule has 0 atom stereocenters. The molecule has 2 aromatic carbocycles. The average molecular weight is 273 g/mol. The molecule has 0 bridgehead atoms. The van der Waals surface area contributed by atoms with E-state index >= 15 is 0 Å². The Morgan fingerprint density at radius 3 is 2.68 bits per heavy atom. The number of thioether (sulfide) groups is 1. The highest BCUT2D eigenvalue weighted by molar-refractivity contribution is 7.98. The molecule has 0 saturated heterocycles. The smallest absolute Gasteiger partial charge is 0.256 e. The molecule has 2 N–H and O–H groups in total. The van der Waals surface area contributed by atoms with Crippen molar-refractivity contribution in [1.82, 2.24) is 0 Å². The van der Waals surface area contributed by atoms with Crippen molar-refractivity contribution < 1.29 is 9.90 Å². The first-order valence-electron chi connectivity index (χ1n) is 5.86. The molecule has 0 spiro atoms. The number of hydrogen-bond acceptors (Lipinski definition) is 3. The molecule has 2 rings (SSSR count). The van der Waals surface area contributed by atoms with Crippen molar-refractivity contribution in [2.24, 2.45) is 0 Å². The first-order chi connectivity index (χ1) is 9.11. The lowest BCUT2D eigenvalue weighted by Crippen LogP contribution is -2.13. The second kappa shape index (κ2) is 5.80. The van der Waals surface area contributed by atoms with Gasteiger partial charge in [-0.25, -0.2) is 0 Å². The summed E-state index contributed by atoms with van der Waals surface area (Å²) in [6.07, 6.45) is 1.93. The van der Waals surface area contributed by atoms with Crippen molar-refractivity contribution in [3.63, 3.8) is 0 Å². The molecule has 0 radical (unpaired) electrons. The SMILES string of the molecule is CSc1ccccc1C(=O)Nc1cc(C)ccc1O. The second-order valence-electron chi connectivity index (χ2n) is 4.18. The molecule has 0 aliphatic rings. The van der Waals surface area contributed by atoms with Gasteiger partial charge >= 0.3 is 0 Å². The van der Waals surface area contributed by atoms with Gasteiger partial charge in [0, 0.05) is 4.90 Å². The first kappa shape index (κ1) is 13.5. The quantitative estimate of drug-likeness (QED) is 0.662. The minimum atomic E-state index is -0.217. The maximum absolute atomic E-state index is 12.2. The Hall–Kier alpha value is -1.94. The van der Waals surface area contributed by atoms with Gasteiger partial charge in [-0.2, -0.15) is 0 Å². The van der Waals surface area contributed by atoms with Crippen LogP contribution in [0.25, 0.3) is 0 Å². The van der Waals surface area contributed by atoms with Crippen LogP contribution in [0.1, 0.15) is 15.9 Å². The normalized spacial score (nSPS) is 10.2. The fraction of sp³-hybridized carbons (Fsp3) is 0.133. The monoisotopic (exact) mass is 273 g/mol. The highest BCUT2D eigenvalue weighted by Crippen LogP contribution is 2.26. The van der Waals surface area contributed by atoms with E-state index in [1.165, 1.54) is 11.8 Å². The second-order valence-corrected chi connectivity index (χ2v) is 5.02. The number of anilines is 1. The minimum Gasteiger partial charge on any atom is -0.506 e. The number of nitrogens with one attached hydrogen (secondary N) is 1. The zero-order valence-corrected chi connectivity index (χ0v) is 11.6. The number of carbonyl (C=O) groups is 1. The summed E-state index contributed by atoms with van der Waals surface area (Å²) in [6.45, 7) is 1.91. The van der Waals surface area contributed by atoms with E-state index in [0.717, 1.165) is 10.5 Å². The predicted octanol–water partition coefficient (Wildman–Crippen LogP) is 3.67. The number of aromatic hydroxyl groups is 1. The molecule has 4 heteroatoms. The molecule has 0 aliphatic heterocycles. The van der Waals surface area contributed by atoms with Gasteiger partial charge in [-0.05, 0) is 43.0 Å². The summed E-state index contributed by atoms with van der Waals surface area (Å²) < 4.78 is 0. The van der Waals surface area contributed by atoms with Gasteiger partial charge in [0.25, 0.3) is 5.91 Å². The Bertz CT molecular complexity index is 611. The molecule has 3 nitrogen and oxygen atoms in total. The van der Waals surface area contributed by atoms with Crippen molar-refractivity contribution >= 4 is 23.4 Å². The van der Waals surface area contributed by atoms with Gasteiger partial charge in [0.2, 0.25) is 0 Å². The Morgan fingerprint density at radius 1 is 1.21 bits per heavy atom. The summed E-state index contributed by atoms with van der Waals surface area (Å²) in [5, 5.41) is 12.5. The third kappa shape index (κ3) is 3.09. The number of rotatable bonds is 3. The topological polar surface area (TPSA) is 49.3 Å². The maximum Gasteiger partial charge on any atom is 0.256 e. The lowest BCUT2D eigenvalue weighted by molar-refractivity contribution is 0.102. The van der Waals surface area contributed by atoms with Crippen molar-refractivity contribution in [3.8, 4) is 5.75 Å². The van der Waals surface area contributed by atoms with Gasteiger partial charge in [0.05, 0.1) is 11.3 Å². The van der Waals surface area contributed by atoms with Crippen LogP contribution in [0.5, 0.6) is 5.75 Å². The molecular formula is C15H15NO2S. The van der Waals surface area contributed by atoms with Crippen LogP contribution in [0, 0.1) is 6.92 Å². The molecule has 1 amide bonds. The molecule has 2 aromatic rings. The molecule has 98 valence electrons. The molecule has 0 aliphatic carbocycles. The largest absolute Gasteiger partial charge is 0.506 e. The van der Waals surface area contributed by atoms with Crippen LogP contribution in [-0.4, -0.2) is 17.3 Å². The van der Waals surface area contributed by atoms with E-state index in [1.807, 2.05) is 31.4 Å². The van der Waals surface area contributed by atoms with Crippen LogP contribution in [0.4, 0.5) is 5.69 Å². The lowest BCUT2D eigenvalue weighted by Gasteiger charge is -2.10. The number of benzene rings is 2. The fourth-order valence-corrected chi connectivity index (χ4v) is 2.37. The summed E-state index contributed by atoms with van der Waals surface area (Å²) >= 11 is 1.52. The standard InChI is InChI=1S/C15H15NO2S/c1-10-7-8-13(17)12(9-10)16-15(18)11-5-3-4-6-14(11)19-2/h3-9,17H,1-2H3,(H,16,18). The fourth-order valence-electron chi connectivity index (χ4n) is 1.77. The van der Waals surface area contributed by atoms with Gasteiger partial charge in [-0.3, -0.25) is 4.79 Å². The van der Waals surface area contributed by atoms with Crippen LogP contribution in [0.2, 0.25) is 0 Å². The van der Waals surface area contributed by atoms with Gasteiger partial charge in [-0.1, -0.05) is 18.2 Å². The zero-order valence-electron chi connectivity index (χ0n) is 10.8. The molecule has 0 heterocycles. The van der Waals surface area contributed by atoms with Crippen LogP contribution >= 0.6 is 11.8 Å². The third-order valence-electron chi connectivity index (χ3n) is 2.75. The number of aryl methyl sites for hydroxylation is 1. The summed E-state index contributed by atoms with van der Waals surface area (Å²) in [5.74, 6) is -0.147. The molecule has 0 saturated carbocycles. The van der Waals surface area contributed by atoms with Crippen molar-refractivity contribution in [1.29, 1.82) is 0 Å². The Morgan fingerprint density at radius 2 is 1.95 bits per heavy atom.